The predicted octanol–water partition coefficient (Wildman–Crippen LogP) is 3.48. The quantitative estimate of drug-likeness (QED) is 0.908. The van der Waals surface area contributed by atoms with E-state index >= 15 is 0 Å². The SMILES string of the molecule is CCCc1cc(=O)[nH]c(Nc2cccc(C(F)(F)F)c2)n1. The molecule has 0 amide bonds. The number of hydrogen-bond donors (Lipinski definition) is 2. The molecule has 0 aliphatic rings. The first kappa shape index (κ1) is 15.1. The lowest BCUT2D eigenvalue weighted by atomic mass is 10.2. The molecule has 1 heterocycles. The van der Waals surface area contributed by atoms with Gasteiger partial charge in [-0.2, -0.15) is 13.2 Å². The molecule has 2 rings (SSSR count). The summed E-state index contributed by atoms with van der Waals surface area (Å²) in [5.74, 6) is 0.130. The molecule has 1 aromatic heterocycles. The summed E-state index contributed by atoms with van der Waals surface area (Å²) >= 11 is 0. The number of benzene rings is 1. The number of hydrogen-bond acceptors (Lipinski definition) is 3. The maximum atomic E-state index is 12.6. The number of anilines is 2. The standard InChI is InChI=1S/C14H14F3N3O/c1-2-4-10-8-12(21)20-13(18-10)19-11-6-3-5-9(7-11)14(15,16)17/h3,5-8H,2,4H2,1H3,(H2,18,19,20,21). The van der Waals surface area contributed by atoms with E-state index in [9.17, 15) is 18.0 Å². The average molecular weight is 297 g/mol. The molecule has 7 heteroatoms. The molecule has 0 unspecified atom stereocenters. The van der Waals surface area contributed by atoms with Gasteiger partial charge in [-0.3, -0.25) is 9.78 Å². The smallest absolute Gasteiger partial charge is 0.326 e. The van der Waals surface area contributed by atoms with Crippen LogP contribution in [0.25, 0.3) is 0 Å². The van der Waals surface area contributed by atoms with Crippen LogP contribution in [-0.4, -0.2) is 9.97 Å². The first-order valence-corrected chi connectivity index (χ1v) is 6.43. The molecule has 0 aliphatic heterocycles. The van der Waals surface area contributed by atoms with Gasteiger partial charge in [0.1, 0.15) is 0 Å². The highest BCUT2D eigenvalue weighted by molar-refractivity contribution is 5.54. The molecular formula is C14H14F3N3O. The molecule has 0 atom stereocenters. The van der Waals surface area contributed by atoms with E-state index in [1.54, 1.807) is 0 Å². The first-order chi connectivity index (χ1) is 9.88. The molecule has 2 aromatic rings. The Labute approximate surface area is 119 Å². The second-order valence-electron chi connectivity index (χ2n) is 4.54. The Balaban J connectivity index is 2.28. The maximum absolute atomic E-state index is 12.6. The van der Waals surface area contributed by atoms with Crippen LogP contribution in [0.15, 0.2) is 35.1 Å². The Bertz CT molecular complexity index is 680. The van der Waals surface area contributed by atoms with Crippen molar-refractivity contribution in [3.63, 3.8) is 0 Å². The van der Waals surface area contributed by atoms with Crippen LogP contribution in [0.4, 0.5) is 24.8 Å². The van der Waals surface area contributed by atoms with E-state index in [2.05, 4.69) is 15.3 Å². The van der Waals surface area contributed by atoms with Gasteiger partial charge in [-0.15, -0.1) is 0 Å². The zero-order valence-electron chi connectivity index (χ0n) is 11.3. The van der Waals surface area contributed by atoms with Crippen LogP contribution in [0.5, 0.6) is 0 Å². The molecule has 21 heavy (non-hydrogen) atoms. The van der Waals surface area contributed by atoms with Crippen LogP contribution in [0, 0.1) is 0 Å². The second-order valence-corrected chi connectivity index (χ2v) is 4.54. The van der Waals surface area contributed by atoms with E-state index in [0.717, 1.165) is 18.6 Å². The Hall–Kier alpha value is -2.31. The summed E-state index contributed by atoms with van der Waals surface area (Å²) in [5.41, 5.74) is -0.306. The zero-order chi connectivity index (χ0) is 15.5. The summed E-state index contributed by atoms with van der Waals surface area (Å²) in [7, 11) is 0. The van der Waals surface area contributed by atoms with E-state index in [-0.39, 0.29) is 17.2 Å². The summed E-state index contributed by atoms with van der Waals surface area (Å²) in [6, 6.07) is 6.09. The van der Waals surface area contributed by atoms with Crippen molar-refractivity contribution in [3.8, 4) is 0 Å². The van der Waals surface area contributed by atoms with E-state index < -0.39 is 11.7 Å². The topological polar surface area (TPSA) is 57.8 Å². The van der Waals surface area contributed by atoms with Crippen LogP contribution < -0.4 is 10.9 Å². The minimum Gasteiger partial charge on any atom is -0.326 e. The third-order valence-electron chi connectivity index (χ3n) is 2.75. The van der Waals surface area contributed by atoms with Gasteiger partial charge in [0.05, 0.1) is 5.56 Å². The number of halogens is 3. The molecule has 0 aliphatic carbocycles. The molecule has 4 nitrogen and oxygen atoms in total. The fourth-order valence-corrected chi connectivity index (χ4v) is 1.86. The maximum Gasteiger partial charge on any atom is 0.416 e. The third kappa shape index (κ3) is 4.08. The number of H-pyrrole nitrogens is 1. The van der Waals surface area contributed by atoms with E-state index in [1.807, 2.05) is 6.92 Å². The van der Waals surface area contributed by atoms with Gasteiger partial charge in [-0.1, -0.05) is 19.4 Å². The molecule has 0 bridgehead atoms. The molecule has 1 aromatic carbocycles. The van der Waals surface area contributed by atoms with Crippen LogP contribution in [0.1, 0.15) is 24.6 Å². The lowest BCUT2D eigenvalue weighted by Gasteiger charge is -2.10. The summed E-state index contributed by atoms with van der Waals surface area (Å²) < 4.78 is 37.9. The van der Waals surface area contributed by atoms with Crippen molar-refractivity contribution >= 4 is 11.6 Å². The van der Waals surface area contributed by atoms with E-state index in [4.69, 9.17) is 0 Å². The van der Waals surface area contributed by atoms with Crippen LogP contribution in [-0.2, 0) is 12.6 Å². The number of aryl methyl sites for hydroxylation is 1. The van der Waals surface area contributed by atoms with Crippen molar-refractivity contribution in [2.75, 3.05) is 5.32 Å². The Morgan fingerprint density at radius 3 is 2.71 bits per heavy atom. The number of aromatic nitrogens is 2. The van der Waals surface area contributed by atoms with Crippen molar-refractivity contribution in [3.05, 3.63) is 51.9 Å². The van der Waals surface area contributed by atoms with Gasteiger partial charge in [0, 0.05) is 17.4 Å². The third-order valence-corrected chi connectivity index (χ3v) is 2.75. The lowest BCUT2D eigenvalue weighted by Crippen LogP contribution is -2.12. The number of nitrogens with one attached hydrogen (secondary N) is 2. The summed E-state index contributed by atoms with van der Waals surface area (Å²) in [6.07, 6.45) is -2.97. The van der Waals surface area contributed by atoms with Gasteiger partial charge in [-0.25, -0.2) is 4.98 Å². The first-order valence-electron chi connectivity index (χ1n) is 6.43. The molecule has 0 saturated heterocycles. The normalized spacial score (nSPS) is 11.4. The molecule has 2 N–H and O–H groups in total. The zero-order valence-corrected chi connectivity index (χ0v) is 11.3. The van der Waals surface area contributed by atoms with Crippen molar-refractivity contribution in [2.45, 2.75) is 25.9 Å². The van der Waals surface area contributed by atoms with E-state index in [0.29, 0.717) is 12.1 Å². The van der Waals surface area contributed by atoms with Crippen molar-refractivity contribution in [1.29, 1.82) is 0 Å². The Morgan fingerprint density at radius 1 is 1.29 bits per heavy atom. The van der Waals surface area contributed by atoms with Gasteiger partial charge in [-0.05, 0) is 24.6 Å². The highest BCUT2D eigenvalue weighted by Crippen LogP contribution is 2.31. The van der Waals surface area contributed by atoms with Gasteiger partial charge in [0.15, 0.2) is 0 Å². The van der Waals surface area contributed by atoms with Gasteiger partial charge < -0.3 is 5.32 Å². The Morgan fingerprint density at radius 2 is 2.05 bits per heavy atom. The van der Waals surface area contributed by atoms with Gasteiger partial charge in [0.25, 0.3) is 5.56 Å². The molecule has 112 valence electrons. The minimum atomic E-state index is -4.41. The largest absolute Gasteiger partial charge is 0.416 e. The highest BCUT2D eigenvalue weighted by atomic mass is 19.4. The van der Waals surface area contributed by atoms with Crippen LogP contribution in [0.3, 0.4) is 0 Å². The number of nitrogens with zero attached hydrogens (tertiary/aromatic N) is 1. The molecule has 0 radical (unpaired) electrons. The Kier molecular flexibility index (Phi) is 4.30. The summed E-state index contributed by atoms with van der Waals surface area (Å²) in [6.45, 7) is 1.95. The fraction of sp³-hybridized carbons (Fsp3) is 0.286. The van der Waals surface area contributed by atoms with Crippen molar-refractivity contribution < 1.29 is 13.2 Å². The number of rotatable bonds is 4. The van der Waals surface area contributed by atoms with Gasteiger partial charge >= 0.3 is 6.18 Å². The predicted molar refractivity (Wildman–Crippen MR) is 73.6 cm³/mol. The molecule has 0 fully saturated rings. The van der Waals surface area contributed by atoms with Crippen molar-refractivity contribution in [1.82, 2.24) is 9.97 Å². The minimum absolute atomic E-state index is 0.130. The van der Waals surface area contributed by atoms with Crippen LogP contribution in [0.2, 0.25) is 0 Å². The number of aromatic amines is 1. The fourth-order valence-electron chi connectivity index (χ4n) is 1.86. The van der Waals surface area contributed by atoms with Gasteiger partial charge in [0.2, 0.25) is 5.95 Å². The average Bonchev–Trinajstić information content (AvgIpc) is 2.37. The molecular weight excluding hydrogens is 283 g/mol. The van der Waals surface area contributed by atoms with Crippen molar-refractivity contribution in [2.24, 2.45) is 0 Å². The summed E-state index contributed by atoms with van der Waals surface area (Å²) in [5, 5.41) is 2.69. The lowest BCUT2D eigenvalue weighted by molar-refractivity contribution is -0.137. The summed E-state index contributed by atoms with van der Waals surface area (Å²) in [4.78, 5) is 18.1. The molecule has 0 spiro atoms. The number of alkyl halides is 3. The molecule has 0 saturated carbocycles. The van der Waals surface area contributed by atoms with Crippen LogP contribution >= 0.6 is 0 Å². The highest BCUT2D eigenvalue weighted by Gasteiger charge is 2.30. The second kappa shape index (κ2) is 5.99. The van der Waals surface area contributed by atoms with E-state index in [1.165, 1.54) is 18.2 Å². The monoisotopic (exact) mass is 297 g/mol.